The molecule has 0 aliphatic carbocycles. The van der Waals surface area contributed by atoms with Crippen LogP contribution in [0.15, 0.2) is 18.2 Å². The van der Waals surface area contributed by atoms with Gasteiger partial charge < -0.3 is 4.90 Å². The highest BCUT2D eigenvalue weighted by Crippen LogP contribution is 2.32. The molecule has 16 heavy (non-hydrogen) atoms. The number of piperidine rings is 1. The summed E-state index contributed by atoms with van der Waals surface area (Å²) in [7, 11) is 0. The van der Waals surface area contributed by atoms with Crippen molar-refractivity contribution in [3.8, 4) is 0 Å². The Labute approximate surface area is 111 Å². The minimum atomic E-state index is 0.788. The standard InChI is InChI=1S/C13H17BrClN/c1-10-4-3-7-16(9-10)13-6-2-5-12(15)11(13)8-14/h2,5-6,10H,3-4,7-9H2,1H3. The molecule has 1 aliphatic heterocycles. The number of hydrogen-bond acceptors (Lipinski definition) is 1. The molecule has 1 aromatic rings. The van der Waals surface area contributed by atoms with E-state index in [-0.39, 0.29) is 0 Å². The van der Waals surface area contributed by atoms with E-state index >= 15 is 0 Å². The number of alkyl halides is 1. The molecular weight excluding hydrogens is 286 g/mol. The third-order valence-corrected chi connectivity index (χ3v) is 4.14. The lowest BCUT2D eigenvalue weighted by Gasteiger charge is -2.34. The van der Waals surface area contributed by atoms with Gasteiger partial charge in [-0.2, -0.15) is 0 Å². The fourth-order valence-electron chi connectivity index (χ4n) is 2.38. The summed E-state index contributed by atoms with van der Waals surface area (Å²) in [6.45, 7) is 4.63. The van der Waals surface area contributed by atoms with Gasteiger partial charge in [0.15, 0.2) is 0 Å². The van der Waals surface area contributed by atoms with Crippen LogP contribution in [0.1, 0.15) is 25.3 Å². The zero-order chi connectivity index (χ0) is 11.5. The summed E-state index contributed by atoms with van der Waals surface area (Å²) in [5.41, 5.74) is 2.52. The zero-order valence-corrected chi connectivity index (χ0v) is 11.9. The monoisotopic (exact) mass is 301 g/mol. The van der Waals surface area contributed by atoms with Gasteiger partial charge in [0.1, 0.15) is 0 Å². The van der Waals surface area contributed by atoms with Crippen molar-refractivity contribution in [1.29, 1.82) is 0 Å². The summed E-state index contributed by atoms with van der Waals surface area (Å²) in [6.07, 6.45) is 2.64. The van der Waals surface area contributed by atoms with Crippen LogP contribution in [-0.2, 0) is 5.33 Å². The van der Waals surface area contributed by atoms with Gasteiger partial charge in [-0.15, -0.1) is 0 Å². The van der Waals surface area contributed by atoms with E-state index in [1.54, 1.807) is 0 Å². The van der Waals surface area contributed by atoms with Gasteiger partial charge in [0.2, 0.25) is 0 Å². The molecule has 0 amide bonds. The van der Waals surface area contributed by atoms with Crippen LogP contribution in [0.25, 0.3) is 0 Å². The fourth-order valence-corrected chi connectivity index (χ4v) is 3.37. The number of benzene rings is 1. The number of anilines is 1. The van der Waals surface area contributed by atoms with Crippen LogP contribution >= 0.6 is 27.5 Å². The Hall–Kier alpha value is -0.210. The maximum atomic E-state index is 6.23. The number of nitrogens with zero attached hydrogens (tertiary/aromatic N) is 1. The molecule has 1 aromatic carbocycles. The first-order valence-corrected chi connectivity index (χ1v) is 7.30. The summed E-state index contributed by atoms with van der Waals surface area (Å²) in [5.74, 6) is 0.788. The van der Waals surface area contributed by atoms with Crippen LogP contribution in [0.4, 0.5) is 5.69 Å². The molecule has 1 aliphatic rings. The van der Waals surface area contributed by atoms with E-state index in [2.05, 4.69) is 33.8 Å². The summed E-state index contributed by atoms with van der Waals surface area (Å²) in [4.78, 5) is 2.47. The van der Waals surface area contributed by atoms with Crippen LogP contribution in [0.3, 0.4) is 0 Å². The Morgan fingerprint density at radius 2 is 2.31 bits per heavy atom. The van der Waals surface area contributed by atoms with Gasteiger partial charge in [-0.05, 0) is 30.9 Å². The Bertz CT molecular complexity index is 367. The molecule has 0 bridgehead atoms. The van der Waals surface area contributed by atoms with E-state index in [4.69, 9.17) is 11.6 Å². The van der Waals surface area contributed by atoms with E-state index in [1.165, 1.54) is 24.1 Å². The minimum absolute atomic E-state index is 0.788. The highest BCUT2D eigenvalue weighted by Gasteiger charge is 2.19. The third kappa shape index (κ3) is 2.54. The number of rotatable bonds is 2. The largest absolute Gasteiger partial charge is 0.371 e. The molecule has 88 valence electrons. The van der Waals surface area contributed by atoms with Crippen molar-refractivity contribution in [3.05, 3.63) is 28.8 Å². The molecule has 1 atom stereocenters. The quantitative estimate of drug-likeness (QED) is 0.729. The lowest BCUT2D eigenvalue weighted by Crippen LogP contribution is -2.34. The normalized spacial score (nSPS) is 21.2. The molecular formula is C13H17BrClN. The Balaban J connectivity index is 2.28. The van der Waals surface area contributed by atoms with Crippen molar-refractivity contribution in [1.82, 2.24) is 0 Å². The van der Waals surface area contributed by atoms with Crippen molar-refractivity contribution in [2.45, 2.75) is 25.1 Å². The maximum absolute atomic E-state index is 6.23. The van der Waals surface area contributed by atoms with Crippen molar-refractivity contribution >= 4 is 33.2 Å². The SMILES string of the molecule is CC1CCCN(c2cccc(Cl)c2CBr)C1. The predicted molar refractivity (Wildman–Crippen MR) is 74.7 cm³/mol. The number of hydrogen-bond donors (Lipinski definition) is 0. The minimum Gasteiger partial charge on any atom is -0.371 e. The molecule has 0 aromatic heterocycles. The van der Waals surface area contributed by atoms with E-state index in [1.807, 2.05) is 12.1 Å². The van der Waals surface area contributed by atoms with Crippen LogP contribution in [-0.4, -0.2) is 13.1 Å². The van der Waals surface area contributed by atoms with Crippen molar-refractivity contribution < 1.29 is 0 Å². The van der Waals surface area contributed by atoms with Gasteiger partial charge >= 0.3 is 0 Å². The smallest absolute Gasteiger partial charge is 0.0467 e. The molecule has 2 rings (SSSR count). The van der Waals surface area contributed by atoms with E-state index in [0.29, 0.717) is 0 Å². The van der Waals surface area contributed by atoms with Crippen LogP contribution in [0, 0.1) is 5.92 Å². The molecule has 1 nitrogen and oxygen atoms in total. The van der Waals surface area contributed by atoms with Gasteiger partial charge in [-0.1, -0.05) is 40.5 Å². The summed E-state index contributed by atoms with van der Waals surface area (Å²) in [5, 5.41) is 1.69. The number of halogens is 2. The second kappa shape index (κ2) is 5.42. The third-order valence-electron chi connectivity index (χ3n) is 3.23. The Morgan fingerprint density at radius 1 is 1.50 bits per heavy atom. The first-order valence-electron chi connectivity index (χ1n) is 5.80. The van der Waals surface area contributed by atoms with Gasteiger partial charge in [0, 0.05) is 34.7 Å². The zero-order valence-electron chi connectivity index (χ0n) is 9.55. The van der Waals surface area contributed by atoms with E-state index in [0.717, 1.165) is 29.4 Å². The van der Waals surface area contributed by atoms with Gasteiger partial charge in [-0.3, -0.25) is 0 Å². The summed E-state index contributed by atoms with van der Waals surface area (Å²) >= 11 is 9.76. The second-order valence-electron chi connectivity index (χ2n) is 4.56. The predicted octanol–water partition coefficient (Wildman–Crippen LogP) is 4.47. The molecule has 1 unspecified atom stereocenters. The summed E-state index contributed by atoms with van der Waals surface area (Å²) < 4.78 is 0. The van der Waals surface area contributed by atoms with Crippen LogP contribution in [0.2, 0.25) is 5.02 Å². The summed E-state index contributed by atoms with van der Waals surface area (Å²) in [6, 6.07) is 6.19. The first-order chi connectivity index (χ1) is 7.72. The van der Waals surface area contributed by atoms with Crippen molar-refractivity contribution in [3.63, 3.8) is 0 Å². The fraction of sp³-hybridized carbons (Fsp3) is 0.538. The molecule has 1 saturated heterocycles. The van der Waals surface area contributed by atoms with Crippen LogP contribution in [0.5, 0.6) is 0 Å². The maximum Gasteiger partial charge on any atom is 0.0467 e. The molecule has 0 saturated carbocycles. The molecule has 1 heterocycles. The Morgan fingerprint density at radius 3 is 3.00 bits per heavy atom. The average molecular weight is 303 g/mol. The topological polar surface area (TPSA) is 3.24 Å². The highest BCUT2D eigenvalue weighted by molar-refractivity contribution is 9.08. The molecule has 3 heteroatoms. The molecule has 0 radical (unpaired) electrons. The highest BCUT2D eigenvalue weighted by atomic mass is 79.9. The van der Waals surface area contributed by atoms with Gasteiger partial charge in [0.05, 0.1) is 0 Å². The lowest BCUT2D eigenvalue weighted by molar-refractivity contribution is 0.446. The van der Waals surface area contributed by atoms with E-state index in [9.17, 15) is 0 Å². The van der Waals surface area contributed by atoms with Crippen molar-refractivity contribution in [2.24, 2.45) is 5.92 Å². The molecule has 0 spiro atoms. The molecule has 0 N–H and O–H groups in total. The van der Waals surface area contributed by atoms with Gasteiger partial charge in [0.25, 0.3) is 0 Å². The lowest BCUT2D eigenvalue weighted by atomic mass is 9.99. The van der Waals surface area contributed by atoms with Crippen LogP contribution < -0.4 is 4.90 Å². The Kier molecular flexibility index (Phi) is 4.15. The van der Waals surface area contributed by atoms with Gasteiger partial charge in [-0.25, -0.2) is 0 Å². The average Bonchev–Trinajstić information content (AvgIpc) is 2.28. The molecule has 1 fully saturated rings. The van der Waals surface area contributed by atoms with E-state index < -0.39 is 0 Å². The van der Waals surface area contributed by atoms with Crippen molar-refractivity contribution in [2.75, 3.05) is 18.0 Å². The second-order valence-corrected chi connectivity index (χ2v) is 5.53. The first kappa shape index (κ1) is 12.3.